The molecule has 3 atom stereocenters. The van der Waals surface area contributed by atoms with E-state index in [0.29, 0.717) is 0 Å². The molecular weight excluding hydrogens is 428 g/mol. The van der Waals surface area contributed by atoms with Crippen molar-refractivity contribution in [2.24, 2.45) is 16.6 Å². The fourth-order valence-corrected chi connectivity index (χ4v) is 3.29. The molecule has 2 N–H and O–H groups in total. The molecule has 0 fully saturated rings. The number of amidine groups is 1. The first-order valence-electron chi connectivity index (χ1n) is 9.50. The highest BCUT2D eigenvalue weighted by Crippen LogP contribution is 2.40. The summed E-state index contributed by atoms with van der Waals surface area (Å²) in [6.45, 7) is 3.95. The van der Waals surface area contributed by atoms with Crippen molar-refractivity contribution in [3.05, 3.63) is 61.3 Å². The van der Waals surface area contributed by atoms with Gasteiger partial charge in [0.05, 0.1) is 22.8 Å². The second kappa shape index (κ2) is 10.3. The number of hydrogen-bond donors (Lipinski definition) is 1. The molecule has 0 bridgehead atoms. The average molecular weight is 450 g/mol. The number of nitrogens with two attached hydrogens (primary N) is 1. The Balaban J connectivity index is 2.51. The van der Waals surface area contributed by atoms with Crippen molar-refractivity contribution >= 4 is 23.5 Å². The summed E-state index contributed by atoms with van der Waals surface area (Å²) in [5, 5.41) is 20.7. The fourth-order valence-electron chi connectivity index (χ4n) is 3.29. The van der Waals surface area contributed by atoms with Crippen LogP contribution in [0.3, 0.4) is 0 Å². The number of allylic oxidation sites excluding steroid dienone is 1. The molecule has 1 aliphatic rings. The van der Waals surface area contributed by atoms with E-state index < -0.39 is 46.5 Å². The number of nitrogens with zero attached hydrogens (tertiary/aromatic N) is 3. The molecule has 172 valence electrons. The van der Waals surface area contributed by atoms with Crippen molar-refractivity contribution in [2.45, 2.75) is 32.8 Å². The lowest BCUT2D eigenvalue weighted by molar-refractivity contribution is -0.767. The molecule has 0 spiro atoms. The molecule has 3 unspecified atom stereocenters. The van der Waals surface area contributed by atoms with Gasteiger partial charge >= 0.3 is 11.9 Å². The smallest absolute Gasteiger partial charge is 0.336 e. The van der Waals surface area contributed by atoms with Crippen LogP contribution in [0.5, 0.6) is 0 Å². The van der Waals surface area contributed by atoms with Crippen LogP contribution >= 0.6 is 0 Å². The second-order valence-corrected chi connectivity index (χ2v) is 6.83. The van der Waals surface area contributed by atoms with E-state index in [9.17, 15) is 29.8 Å². The molecule has 0 radical (unpaired) electrons. The summed E-state index contributed by atoms with van der Waals surface area (Å²) in [5.41, 5.74) is 6.04. The molecule has 1 heterocycles. The van der Waals surface area contributed by atoms with E-state index >= 15 is 0 Å². The number of non-ortho nitro benzene ring substituents is 1. The van der Waals surface area contributed by atoms with Gasteiger partial charge in [-0.2, -0.15) is 0 Å². The minimum absolute atomic E-state index is 0.0302. The third-order valence-electron chi connectivity index (χ3n) is 4.57. The maximum atomic E-state index is 12.9. The van der Waals surface area contributed by atoms with Gasteiger partial charge < -0.3 is 20.0 Å². The van der Waals surface area contributed by atoms with Gasteiger partial charge in [-0.1, -0.05) is 12.1 Å². The molecule has 0 aromatic heterocycles. The van der Waals surface area contributed by atoms with Gasteiger partial charge in [-0.25, -0.2) is 9.79 Å². The van der Waals surface area contributed by atoms with E-state index in [1.807, 2.05) is 0 Å². The largest absolute Gasteiger partial charge is 0.465 e. The summed E-state index contributed by atoms with van der Waals surface area (Å²) in [5.74, 6) is -4.16. The lowest BCUT2D eigenvalue weighted by Gasteiger charge is -2.31. The highest BCUT2D eigenvalue weighted by atomic mass is 17.0. The van der Waals surface area contributed by atoms with Gasteiger partial charge in [0.15, 0.2) is 0 Å². The Labute approximate surface area is 182 Å². The molecule has 1 aromatic carbocycles. The number of carbonyl (C=O) groups is 2. The van der Waals surface area contributed by atoms with Gasteiger partial charge in [-0.15, -0.1) is 10.1 Å². The predicted molar refractivity (Wildman–Crippen MR) is 109 cm³/mol. The van der Waals surface area contributed by atoms with Crippen LogP contribution in [0.2, 0.25) is 0 Å². The Morgan fingerprint density at radius 3 is 2.53 bits per heavy atom. The zero-order valence-electron chi connectivity index (χ0n) is 17.5. The normalized spacial score (nSPS) is 18.9. The predicted octanol–water partition coefficient (Wildman–Crippen LogP) is 1.64. The van der Waals surface area contributed by atoms with Crippen molar-refractivity contribution < 1.29 is 33.9 Å². The van der Waals surface area contributed by atoms with Crippen LogP contribution in [0.1, 0.15) is 32.3 Å². The Bertz CT molecular complexity index is 989. The van der Waals surface area contributed by atoms with Gasteiger partial charge in [0.25, 0.3) is 10.8 Å². The standard InChI is InChI=1S/C19H22N4O9/c1-4-30-19(25)16-15(12-6-5-7-13(8-12)22(26)27)14(11(3)21-17(16)20)18(24)31-9-10(2)32-23(28)29/h5-8,10,15-16H,4,9H2,1-3H3,(H2,20,21). The van der Waals surface area contributed by atoms with Gasteiger partial charge in [0.1, 0.15) is 24.5 Å². The van der Waals surface area contributed by atoms with Gasteiger partial charge in [0.2, 0.25) is 0 Å². The molecule has 1 aromatic rings. The number of hydrogen-bond acceptors (Lipinski definition) is 11. The highest BCUT2D eigenvalue weighted by molar-refractivity contribution is 6.06. The van der Waals surface area contributed by atoms with E-state index in [0.717, 1.165) is 0 Å². The first-order valence-corrected chi connectivity index (χ1v) is 9.50. The van der Waals surface area contributed by atoms with Crippen molar-refractivity contribution in [3.63, 3.8) is 0 Å². The monoisotopic (exact) mass is 450 g/mol. The molecule has 2 rings (SSSR count). The third-order valence-corrected chi connectivity index (χ3v) is 4.57. The van der Waals surface area contributed by atoms with Crippen molar-refractivity contribution in [1.82, 2.24) is 0 Å². The lowest BCUT2D eigenvalue weighted by atomic mass is 9.77. The van der Waals surface area contributed by atoms with Crippen molar-refractivity contribution in [2.75, 3.05) is 13.2 Å². The van der Waals surface area contributed by atoms with Crippen molar-refractivity contribution in [3.8, 4) is 0 Å². The molecule has 1 aliphatic heterocycles. The Morgan fingerprint density at radius 1 is 1.25 bits per heavy atom. The van der Waals surface area contributed by atoms with Gasteiger partial charge in [0, 0.05) is 18.1 Å². The maximum absolute atomic E-state index is 12.9. The zero-order chi connectivity index (χ0) is 24.0. The molecule has 32 heavy (non-hydrogen) atoms. The average Bonchev–Trinajstić information content (AvgIpc) is 2.71. The molecule has 0 saturated heterocycles. The Hall–Kier alpha value is -4.03. The Kier molecular flexibility index (Phi) is 7.82. The number of benzene rings is 1. The molecular formula is C19H22N4O9. The SMILES string of the molecule is CCOC(=O)C1C(N)=NC(C)=C(C(=O)OCC(C)O[N+](=O)[O-])C1c1cccc([N+](=O)[O-])c1. The molecule has 0 amide bonds. The van der Waals surface area contributed by atoms with E-state index in [-0.39, 0.29) is 35.0 Å². The first kappa shape index (κ1) is 24.2. The van der Waals surface area contributed by atoms with Crippen LogP contribution in [-0.4, -0.2) is 47.1 Å². The fraction of sp³-hybridized carbons (Fsp3) is 0.421. The van der Waals surface area contributed by atoms with Gasteiger partial charge in [-0.3, -0.25) is 14.9 Å². The summed E-state index contributed by atoms with van der Waals surface area (Å²) in [6.07, 6.45) is -1.05. The molecule has 0 aliphatic carbocycles. The minimum atomic E-state index is -1.24. The van der Waals surface area contributed by atoms with Crippen LogP contribution in [0, 0.1) is 26.1 Å². The highest BCUT2D eigenvalue weighted by Gasteiger charge is 2.43. The number of esters is 2. The summed E-state index contributed by atoms with van der Waals surface area (Å²) in [7, 11) is 0. The second-order valence-electron chi connectivity index (χ2n) is 6.83. The first-order chi connectivity index (χ1) is 15.1. The number of ether oxygens (including phenoxy) is 2. The number of aliphatic imine (C=N–C) groups is 1. The van der Waals surface area contributed by atoms with E-state index in [4.69, 9.17) is 15.2 Å². The number of rotatable bonds is 9. The molecule has 13 heteroatoms. The molecule has 13 nitrogen and oxygen atoms in total. The van der Waals surface area contributed by atoms with Gasteiger partial charge in [-0.05, 0) is 26.3 Å². The summed E-state index contributed by atoms with van der Waals surface area (Å²) < 4.78 is 10.2. The van der Waals surface area contributed by atoms with Crippen LogP contribution in [0.25, 0.3) is 0 Å². The van der Waals surface area contributed by atoms with E-state index in [2.05, 4.69) is 9.83 Å². The third kappa shape index (κ3) is 5.56. The number of nitro benzene ring substituents is 1. The van der Waals surface area contributed by atoms with Crippen LogP contribution in [-0.2, 0) is 23.9 Å². The zero-order valence-corrected chi connectivity index (χ0v) is 17.5. The quantitative estimate of drug-likeness (QED) is 0.329. The minimum Gasteiger partial charge on any atom is -0.465 e. The van der Waals surface area contributed by atoms with E-state index in [1.165, 1.54) is 38.1 Å². The van der Waals surface area contributed by atoms with Crippen LogP contribution < -0.4 is 5.73 Å². The Morgan fingerprint density at radius 2 is 1.94 bits per heavy atom. The number of nitro groups is 1. The summed E-state index contributed by atoms with van der Waals surface area (Å²) in [4.78, 5) is 55.1. The number of carbonyl (C=O) groups excluding carboxylic acids is 2. The van der Waals surface area contributed by atoms with Crippen LogP contribution in [0.4, 0.5) is 5.69 Å². The molecule has 0 saturated carbocycles. The lowest BCUT2D eigenvalue weighted by Crippen LogP contribution is -2.41. The van der Waals surface area contributed by atoms with Crippen molar-refractivity contribution in [1.29, 1.82) is 0 Å². The topological polar surface area (TPSA) is 186 Å². The summed E-state index contributed by atoms with van der Waals surface area (Å²) in [6, 6.07) is 5.38. The summed E-state index contributed by atoms with van der Waals surface area (Å²) >= 11 is 0. The van der Waals surface area contributed by atoms with E-state index in [1.54, 1.807) is 6.92 Å². The maximum Gasteiger partial charge on any atom is 0.336 e. The van der Waals surface area contributed by atoms with Crippen LogP contribution in [0.15, 0.2) is 40.5 Å².